The van der Waals surface area contributed by atoms with Crippen molar-refractivity contribution in [2.45, 2.75) is 0 Å². The van der Waals surface area contributed by atoms with Crippen LogP contribution in [0, 0.1) is 0 Å². The van der Waals surface area contributed by atoms with Gasteiger partial charge in [-0.3, -0.25) is 0 Å². The molecule has 0 bridgehead atoms. The van der Waals surface area contributed by atoms with Gasteiger partial charge in [-0.05, 0) is 17.7 Å². The molecule has 3 heteroatoms. The summed E-state index contributed by atoms with van der Waals surface area (Å²) >= 11 is 3.40. The van der Waals surface area contributed by atoms with Gasteiger partial charge in [0.1, 0.15) is 6.61 Å². The molecular formula is C10H8BrO2. The molecule has 0 fully saturated rings. The molecule has 1 rings (SSSR count). The van der Waals surface area contributed by atoms with Crippen molar-refractivity contribution >= 4 is 28.5 Å². The third-order valence-corrected chi connectivity index (χ3v) is 2.16. The summed E-state index contributed by atoms with van der Waals surface area (Å²) in [6.45, 7) is 1.61. The monoisotopic (exact) mass is 239 g/mol. The van der Waals surface area contributed by atoms with Crippen LogP contribution >= 0.6 is 15.9 Å². The predicted octanol–water partition coefficient (Wildman–Crippen LogP) is 2.55. The Hall–Kier alpha value is -1.09. The van der Waals surface area contributed by atoms with Gasteiger partial charge in [0.05, 0.1) is 0 Å². The molecular weight excluding hydrogens is 232 g/mol. The van der Waals surface area contributed by atoms with Crippen LogP contribution in [0.2, 0.25) is 0 Å². The molecule has 1 aromatic carbocycles. The number of benzene rings is 1. The summed E-state index contributed by atoms with van der Waals surface area (Å²) in [6, 6.07) is 7.80. The van der Waals surface area contributed by atoms with E-state index in [-0.39, 0.29) is 6.61 Å². The van der Waals surface area contributed by atoms with E-state index >= 15 is 0 Å². The number of halogens is 1. The van der Waals surface area contributed by atoms with E-state index in [1.54, 1.807) is 6.08 Å². The van der Waals surface area contributed by atoms with Crippen LogP contribution < -0.4 is 0 Å². The van der Waals surface area contributed by atoms with Crippen molar-refractivity contribution in [2.75, 3.05) is 6.61 Å². The first-order valence-corrected chi connectivity index (χ1v) is 4.54. The zero-order valence-corrected chi connectivity index (χ0v) is 8.45. The predicted molar refractivity (Wildman–Crippen MR) is 54.8 cm³/mol. The highest BCUT2D eigenvalue weighted by atomic mass is 79.9. The normalized spacial score (nSPS) is 10.2. The summed E-state index contributed by atoms with van der Waals surface area (Å²) in [5.74, 6) is 0. The molecule has 0 saturated heterocycles. The van der Waals surface area contributed by atoms with Crippen molar-refractivity contribution < 1.29 is 9.53 Å². The minimum atomic E-state index is 0.255. The molecule has 1 aromatic rings. The van der Waals surface area contributed by atoms with Crippen LogP contribution in [0.25, 0.3) is 6.08 Å². The van der Waals surface area contributed by atoms with Crippen LogP contribution in [0.5, 0.6) is 0 Å². The van der Waals surface area contributed by atoms with E-state index in [4.69, 9.17) is 0 Å². The first-order chi connectivity index (χ1) is 6.34. The number of rotatable bonds is 4. The minimum Gasteiger partial charge on any atom is -0.453 e. The Kier molecular flexibility index (Phi) is 4.26. The molecule has 67 valence electrons. The fourth-order valence-corrected chi connectivity index (χ4v) is 1.28. The Morgan fingerprint density at radius 3 is 2.92 bits per heavy atom. The number of carbonyl (C=O) groups excluding carboxylic acids is 1. The molecule has 0 spiro atoms. The Balaban J connectivity index is 2.58. The highest BCUT2D eigenvalue weighted by molar-refractivity contribution is 9.10. The Bertz CT molecular complexity index is 308. The molecule has 0 aliphatic carbocycles. The lowest BCUT2D eigenvalue weighted by Gasteiger charge is -1.95. The van der Waals surface area contributed by atoms with Crippen molar-refractivity contribution in [3.8, 4) is 0 Å². The van der Waals surface area contributed by atoms with Gasteiger partial charge in [0, 0.05) is 4.47 Å². The molecule has 0 unspecified atom stereocenters. The lowest BCUT2D eigenvalue weighted by atomic mass is 10.2. The highest BCUT2D eigenvalue weighted by Crippen LogP contribution is 2.16. The van der Waals surface area contributed by atoms with Gasteiger partial charge in [-0.2, -0.15) is 0 Å². The van der Waals surface area contributed by atoms with Crippen molar-refractivity contribution in [1.82, 2.24) is 0 Å². The molecule has 2 nitrogen and oxygen atoms in total. The third-order valence-electron chi connectivity index (χ3n) is 1.44. The van der Waals surface area contributed by atoms with Crippen LogP contribution in [-0.4, -0.2) is 13.1 Å². The topological polar surface area (TPSA) is 26.3 Å². The average Bonchev–Trinajstić information content (AvgIpc) is 2.15. The zero-order chi connectivity index (χ0) is 9.52. The Labute approximate surface area is 85.3 Å². The molecule has 0 saturated carbocycles. The quantitative estimate of drug-likeness (QED) is 0.756. The fourth-order valence-electron chi connectivity index (χ4n) is 0.867. The maximum absolute atomic E-state index is 9.69. The Morgan fingerprint density at radius 1 is 1.46 bits per heavy atom. The van der Waals surface area contributed by atoms with Crippen LogP contribution in [0.4, 0.5) is 0 Å². The van der Waals surface area contributed by atoms with Crippen LogP contribution in [0.3, 0.4) is 0 Å². The fraction of sp³-hybridized carbons (Fsp3) is 0.100. The first-order valence-electron chi connectivity index (χ1n) is 3.74. The van der Waals surface area contributed by atoms with Gasteiger partial charge in [0.15, 0.2) is 0 Å². The van der Waals surface area contributed by atoms with Gasteiger partial charge in [0.2, 0.25) is 0 Å². The SMILES string of the molecule is O=[C]OC/C=C/c1ccccc1Br. The number of ether oxygens (including phenoxy) is 1. The molecule has 0 atom stereocenters. The lowest BCUT2D eigenvalue weighted by molar-refractivity contribution is 0.314. The van der Waals surface area contributed by atoms with Crippen molar-refractivity contribution in [2.24, 2.45) is 0 Å². The maximum atomic E-state index is 9.69. The van der Waals surface area contributed by atoms with Gasteiger partial charge in [0.25, 0.3) is 0 Å². The van der Waals surface area contributed by atoms with Gasteiger partial charge in [-0.1, -0.05) is 40.2 Å². The summed E-state index contributed by atoms with van der Waals surface area (Å²) in [5.41, 5.74) is 1.05. The highest BCUT2D eigenvalue weighted by Gasteiger charge is 1.91. The molecule has 0 N–H and O–H groups in total. The molecule has 1 radical (unpaired) electrons. The standard InChI is InChI=1S/C10H8BrO2/c11-10-6-2-1-4-9(10)5-3-7-13-8-12/h1-6H,7H2/b5-3+. The molecule has 0 aliphatic heterocycles. The van der Waals surface area contributed by atoms with Crippen molar-refractivity contribution in [1.29, 1.82) is 0 Å². The van der Waals surface area contributed by atoms with Gasteiger partial charge in [-0.25, -0.2) is 4.79 Å². The summed E-state index contributed by atoms with van der Waals surface area (Å²) in [6.07, 6.45) is 3.63. The second kappa shape index (κ2) is 5.54. The summed E-state index contributed by atoms with van der Waals surface area (Å²) in [7, 11) is 0. The van der Waals surface area contributed by atoms with E-state index in [0.29, 0.717) is 0 Å². The number of hydrogen-bond donors (Lipinski definition) is 0. The molecule has 0 amide bonds. The van der Waals surface area contributed by atoms with Crippen LogP contribution in [-0.2, 0) is 9.53 Å². The van der Waals surface area contributed by atoms with E-state index in [1.165, 1.54) is 6.47 Å². The molecule has 0 aliphatic rings. The lowest BCUT2D eigenvalue weighted by Crippen LogP contribution is -1.85. The average molecular weight is 240 g/mol. The largest absolute Gasteiger partial charge is 0.453 e. The molecule has 0 heterocycles. The van der Waals surface area contributed by atoms with Gasteiger partial charge in [-0.15, -0.1) is 0 Å². The smallest absolute Gasteiger partial charge is 0.417 e. The Morgan fingerprint density at radius 2 is 2.23 bits per heavy atom. The summed E-state index contributed by atoms with van der Waals surface area (Å²) < 4.78 is 5.40. The van der Waals surface area contributed by atoms with E-state index in [9.17, 15) is 4.79 Å². The zero-order valence-electron chi connectivity index (χ0n) is 6.87. The van der Waals surface area contributed by atoms with Gasteiger partial charge < -0.3 is 4.74 Å². The molecule has 0 aromatic heterocycles. The second-order valence-corrected chi connectivity index (χ2v) is 3.17. The maximum Gasteiger partial charge on any atom is 0.417 e. The minimum absolute atomic E-state index is 0.255. The van der Waals surface area contributed by atoms with E-state index < -0.39 is 0 Å². The van der Waals surface area contributed by atoms with E-state index in [2.05, 4.69) is 20.7 Å². The van der Waals surface area contributed by atoms with Crippen molar-refractivity contribution in [3.63, 3.8) is 0 Å². The third kappa shape index (κ3) is 3.42. The van der Waals surface area contributed by atoms with Crippen LogP contribution in [0.15, 0.2) is 34.8 Å². The number of hydrogen-bond acceptors (Lipinski definition) is 2. The second-order valence-electron chi connectivity index (χ2n) is 2.32. The van der Waals surface area contributed by atoms with Crippen LogP contribution in [0.1, 0.15) is 5.56 Å². The molecule has 13 heavy (non-hydrogen) atoms. The summed E-state index contributed by atoms with van der Waals surface area (Å²) in [4.78, 5) is 9.69. The first kappa shape index (κ1) is 9.99. The van der Waals surface area contributed by atoms with Crippen molar-refractivity contribution in [3.05, 3.63) is 40.4 Å². The van der Waals surface area contributed by atoms with Gasteiger partial charge >= 0.3 is 6.47 Å². The van der Waals surface area contributed by atoms with E-state index in [0.717, 1.165) is 10.0 Å². The van der Waals surface area contributed by atoms with E-state index in [1.807, 2.05) is 30.3 Å². The summed E-state index contributed by atoms with van der Waals surface area (Å²) in [5, 5.41) is 0.